The molecule has 2 aromatic carbocycles. The zero-order chi connectivity index (χ0) is 22.1. The van der Waals surface area contributed by atoms with Gasteiger partial charge < -0.3 is 4.42 Å². The number of nitrogens with zero attached hydrogens (tertiary/aromatic N) is 3. The second-order valence-corrected chi connectivity index (χ2v) is 8.04. The van der Waals surface area contributed by atoms with Gasteiger partial charge in [0.05, 0.1) is 10.5 Å². The van der Waals surface area contributed by atoms with Gasteiger partial charge in [-0.05, 0) is 48.5 Å². The van der Waals surface area contributed by atoms with Crippen LogP contribution in [0, 0.1) is 0 Å². The van der Waals surface area contributed by atoms with E-state index in [1.54, 1.807) is 30.6 Å². The minimum atomic E-state index is -4.59. The van der Waals surface area contributed by atoms with Crippen molar-refractivity contribution in [3.05, 3.63) is 78.6 Å². The van der Waals surface area contributed by atoms with Gasteiger partial charge in [-0.2, -0.15) is 13.2 Å². The summed E-state index contributed by atoms with van der Waals surface area (Å²) in [6, 6.07) is 12.9. The molecule has 0 saturated carbocycles. The van der Waals surface area contributed by atoms with Crippen molar-refractivity contribution >= 4 is 15.7 Å². The van der Waals surface area contributed by atoms with Crippen LogP contribution in [0.2, 0.25) is 0 Å². The van der Waals surface area contributed by atoms with Crippen molar-refractivity contribution in [1.82, 2.24) is 15.2 Å². The van der Waals surface area contributed by atoms with Crippen LogP contribution in [-0.4, -0.2) is 23.6 Å². The van der Waals surface area contributed by atoms with Crippen molar-refractivity contribution in [2.75, 3.05) is 4.72 Å². The molecule has 0 aliphatic heterocycles. The highest BCUT2D eigenvalue weighted by molar-refractivity contribution is 7.92. The molecule has 0 saturated heterocycles. The Morgan fingerprint density at radius 3 is 2.23 bits per heavy atom. The number of aromatic nitrogens is 3. The van der Waals surface area contributed by atoms with E-state index in [2.05, 4.69) is 19.9 Å². The van der Waals surface area contributed by atoms with Crippen molar-refractivity contribution < 1.29 is 26.0 Å². The summed E-state index contributed by atoms with van der Waals surface area (Å²) in [4.78, 5) is 3.73. The van der Waals surface area contributed by atoms with Crippen molar-refractivity contribution in [3.8, 4) is 22.9 Å². The van der Waals surface area contributed by atoms with E-state index in [9.17, 15) is 21.6 Å². The van der Waals surface area contributed by atoms with Gasteiger partial charge in [0.2, 0.25) is 11.8 Å². The van der Waals surface area contributed by atoms with Crippen LogP contribution in [0.4, 0.5) is 18.9 Å². The minimum absolute atomic E-state index is 0.0860. The molecule has 0 aliphatic rings. The monoisotopic (exact) mass is 446 g/mol. The van der Waals surface area contributed by atoms with Crippen LogP contribution in [0.5, 0.6) is 0 Å². The van der Waals surface area contributed by atoms with Crippen LogP contribution >= 0.6 is 0 Å². The molecule has 0 bridgehead atoms. The Labute approximate surface area is 174 Å². The smallest absolute Gasteiger partial charge is 0.416 e. The molecule has 2 aromatic heterocycles. The molecule has 4 aromatic rings. The average Bonchev–Trinajstić information content (AvgIpc) is 3.24. The number of hydrogen-bond donors (Lipinski definition) is 1. The van der Waals surface area contributed by atoms with Gasteiger partial charge in [-0.25, -0.2) is 8.42 Å². The number of hydrogen-bond acceptors (Lipinski definition) is 6. The fourth-order valence-electron chi connectivity index (χ4n) is 2.72. The average molecular weight is 446 g/mol. The van der Waals surface area contributed by atoms with E-state index < -0.39 is 21.8 Å². The lowest BCUT2D eigenvalue weighted by Crippen LogP contribution is -2.14. The third-order valence-electron chi connectivity index (χ3n) is 4.19. The molecule has 31 heavy (non-hydrogen) atoms. The fourth-order valence-corrected chi connectivity index (χ4v) is 3.82. The molecule has 0 unspecified atom stereocenters. The lowest BCUT2D eigenvalue weighted by molar-refractivity contribution is -0.137. The van der Waals surface area contributed by atoms with Gasteiger partial charge in [-0.3, -0.25) is 9.71 Å². The van der Waals surface area contributed by atoms with Gasteiger partial charge in [-0.15, -0.1) is 10.2 Å². The topological polar surface area (TPSA) is 98.0 Å². The van der Waals surface area contributed by atoms with Gasteiger partial charge in [0.15, 0.2) is 0 Å². The zero-order valence-electron chi connectivity index (χ0n) is 15.5. The highest BCUT2D eigenvalue weighted by atomic mass is 32.2. The summed E-state index contributed by atoms with van der Waals surface area (Å²) in [5, 5.41) is 7.87. The predicted octanol–water partition coefficient (Wildman–Crippen LogP) is 4.62. The SMILES string of the molecule is O=S(=O)(Nc1cccc(C(F)(F)F)c1)c1cccc(-c2nnc(-c3ccncc3)o2)c1. The van der Waals surface area contributed by atoms with E-state index in [-0.39, 0.29) is 22.4 Å². The van der Waals surface area contributed by atoms with Crippen LogP contribution in [0.25, 0.3) is 22.9 Å². The maximum atomic E-state index is 12.9. The van der Waals surface area contributed by atoms with Crippen molar-refractivity contribution in [3.63, 3.8) is 0 Å². The maximum Gasteiger partial charge on any atom is 0.416 e. The number of rotatable bonds is 5. The van der Waals surface area contributed by atoms with Gasteiger partial charge in [0, 0.05) is 29.2 Å². The second-order valence-electron chi connectivity index (χ2n) is 6.36. The summed E-state index contributed by atoms with van der Waals surface area (Å²) < 4.78 is 71.8. The lowest BCUT2D eigenvalue weighted by Gasteiger charge is -2.11. The second kappa shape index (κ2) is 7.84. The molecule has 4 rings (SSSR count). The van der Waals surface area contributed by atoms with E-state index in [4.69, 9.17) is 4.42 Å². The summed E-state index contributed by atoms with van der Waals surface area (Å²) >= 11 is 0. The van der Waals surface area contributed by atoms with Crippen molar-refractivity contribution in [2.45, 2.75) is 11.1 Å². The van der Waals surface area contributed by atoms with Crippen LogP contribution in [-0.2, 0) is 16.2 Å². The molecule has 1 N–H and O–H groups in total. The number of alkyl halides is 3. The van der Waals surface area contributed by atoms with Gasteiger partial charge in [0.25, 0.3) is 10.0 Å². The van der Waals surface area contributed by atoms with Crippen LogP contribution < -0.4 is 4.72 Å². The largest absolute Gasteiger partial charge is 0.416 e. The quantitative estimate of drug-likeness (QED) is 0.481. The number of halogens is 3. The normalized spacial score (nSPS) is 12.0. The van der Waals surface area contributed by atoms with E-state index in [1.807, 2.05) is 0 Å². The van der Waals surface area contributed by atoms with Crippen LogP contribution in [0.15, 0.2) is 82.4 Å². The summed E-state index contributed by atoms with van der Waals surface area (Å²) in [5.74, 6) is 0.315. The van der Waals surface area contributed by atoms with Crippen LogP contribution in [0.1, 0.15) is 5.56 Å². The van der Waals surface area contributed by atoms with Gasteiger partial charge >= 0.3 is 6.18 Å². The molecular weight excluding hydrogens is 433 g/mol. The first-order chi connectivity index (χ1) is 14.7. The molecule has 11 heteroatoms. The highest BCUT2D eigenvalue weighted by Gasteiger charge is 2.30. The molecule has 0 spiro atoms. The molecule has 0 radical (unpaired) electrons. The molecule has 158 valence electrons. The first-order valence-electron chi connectivity index (χ1n) is 8.77. The fraction of sp³-hybridized carbons (Fsp3) is 0.0500. The third-order valence-corrected chi connectivity index (χ3v) is 5.56. The van der Waals surface area contributed by atoms with Gasteiger partial charge in [0.1, 0.15) is 0 Å². The molecule has 2 heterocycles. The van der Waals surface area contributed by atoms with E-state index in [1.165, 1.54) is 24.3 Å². The van der Waals surface area contributed by atoms with E-state index in [0.29, 0.717) is 11.1 Å². The summed E-state index contributed by atoms with van der Waals surface area (Å²) in [6.45, 7) is 0. The summed E-state index contributed by atoms with van der Waals surface area (Å²) in [5.41, 5.74) is -0.197. The Kier molecular flexibility index (Phi) is 5.19. The molecular formula is C20H13F3N4O3S. The zero-order valence-corrected chi connectivity index (χ0v) is 16.4. The molecule has 0 atom stereocenters. The minimum Gasteiger partial charge on any atom is -0.416 e. The Bertz CT molecular complexity index is 1320. The number of nitrogens with one attached hydrogen (secondary N) is 1. The first-order valence-corrected chi connectivity index (χ1v) is 10.3. The van der Waals surface area contributed by atoms with Gasteiger partial charge in [-0.1, -0.05) is 12.1 Å². The molecule has 7 nitrogen and oxygen atoms in total. The lowest BCUT2D eigenvalue weighted by atomic mass is 10.2. The van der Waals surface area contributed by atoms with Crippen molar-refractivity contribution in [1.29, 1.82) is 0 Å². The predicted molar refractivity (Wildman–Crippen MR) is 105 cm³/mol. The Morgan fingerprint density at radius 1 is 0.839 bits per heavy atom. The number of anilines is 1. The third kappa shape index (κ3) is 4.56. The van der Waals surface area contributed by atoms with Crippen LogP contribution in [0.3, 0.4) is 0 Å². The number of sulfonamides is 1. The number of benzene rings is 2. The molecule has 0 fully saturated rings. The standard InChI is InChI=1S/C20H13F3N4O3S/c21-20(22,23)15-4-2-5-16(12-15)27-31(28,29)17-6-1-3-14(11-17)19-26-25-18(30-19)13-7-9-24-10-8-13/h1-12,27H. The Morgan fingerprint density at radius 2 is 1.52 bits per heavy atom. The maximum absolute atomic E-state index is 12.9. The van der Waals surface area contributed by atoms with Crippen molar-refractivity contribution in [2.24, 2.45) is 0 Å². The molecule has 0 aliphatic carbocycles. The highest BCUT2D eigenvalue weighted by Crippen LogP contribution is 2.31. The number of pyridine rings is 1. The Hall–Kier alpha value is -3.73. The van der Waals surface area contributed by atoms with E-state index >= 15 is 0 Å². The molecule has 0 amide bonds. The Balaban J connectivity index is 1.62. The summed E-state index contributed by atoms with van der Waals surface area (Å²) in [6.07, 6.45) is -1.47. The first kappa shape index (κ1) is 20.5. The summed E-state index contributed by atoms with van der Waals surface area (Å²) in [7, 11) is -4.17. The van der Waals surface area contributed by atoms with E-state index in [0.717, 1.165) is 18.2 Å².